The van der Waals surface area contributed by atoms with Crippen molar-refractivity contribution in [2.45, 2.75) is 65.7 Å². The van der Waals surface area contributed by atoms with E-state index in [1.807, 2.05) is 25.2 Å². The zero-order chi connectivity index (χ0) is 17.3. The normalized spacial score (nSPS) is 24.0. The minimum absolute atomic E-state index is 0.0422. The molecule has 3 heteroatoms. The first kappa shape index (κ1) is 20.0. The SMILES string of the molecule is COCCC1C(C)=CC=CC1(CCCCCCC(C)C)C(=O)O. The van der Waals surface area contributed by atoms with Gasteiger partial charge in [0.2, 0.25) is 0 Å². The summed E-state index contributed by atoms with van der Waals surface area (Å²) in [6.45, 7) is 7.15. The van der Waals surface area contributed by atoms with Crippen molar-refractivity contribution in [3.05, 3.63) is 23.8 Å². The minimum Gasteiger partial charge on any atom is -0.481 e. The molecule has 1 N–H and O–H groups in total. The maximum absolute atomic E-state index is 12.1. The van der Waals surface area contributed by atoms with E-state index in [9.17, 15) is 9.90 Å². The highest BCUT2D eigenvalue weighted by Gasteiger charge is 2.44. The second-order valence-electron chi connectivity index (χ2n) is 7.30. The molecule has 0 bridgehead atoms. The van der Waals surface area contributed by atoms with E-state index in [1.54, 1.807) is 7.11 Å². The van der Waals surface area contributed by atoms with Gasteiger partial charge in [0.25, 0.3) is 0 Å². The Morgan fingerprint density at radius 2 is 2.00 bits per heavy atom. The molecule has 0 aliphatic heterocycles. The Hall–Kier alpha value is -1.09. The Bertz CT molecular complexity index is 423. The van der Waals surface area contributed by atoms with E-state index in [4.69, 9.17) is 4.74 Å². The second kappa shape index (κ2) is 9.92. The molecule has 3 nitrogen and oxygen atoms in total. The third-order valence-corrected chi connectivity index (χ3v) is 5.05. The fraction of sp³-hybridized carbons (Fsp3) is 0.750. The molecule has 2 unspecified atom stereocenters. The maximum Gasteiger partial charge on any atom is 0.314 e. The van der Waals surface area contributed by atoms with Gasteiger partial charge in [-0.1, -0.05) is 69.8 Å². The molecule has 23 heavy (non-hydrogen) atoms. The summed E-state index contributed by atoms with van der Waals surface area (Å²) in [7, 11) is 1.68. The second-order valence-corrected chi connectivity index (χ2v) is 7.30. The molecular formula is C20H34O3. The maximum atomic E-state index is 12.1. The summed E-state index contributed by atoms with van der Waals surface area (Å²) in [5.74, 6) is 0.109. The first-order valence-electron chi connectivity index (χ1n) is 9.02. The third kappa shape index (κ3) is 5.80. The summed E-state index contributed by atoms with van der Waals surface area (Å²) in [4.78, 5) is 12.1. The van der Waals surface area contributed by atoms with Crippen molar-refractivity contribution in [3.8, 4) is 0 Å². The van der Waals surface area contributed by atoms with Crippen LogP contribution in [0.4, 0.5) is 0 Å². The van der Waals surface area contributed by atoms with Gasteiger partial charge in [-0.15, -0.1) is 0 Å². The number of ether oxygens (including phenoxy) is 1. The standard InChI is InChI=1S/C20H34O3/c1-16(2)10-7-5-6-8-13-20(19(21)22)14-9-11-17(3)18(20)12-15-23-4/h9,11,14,16,18H,5-8,10,12-13,15H2,1-4H3,(H,21,22). The van der Waals surface area contributed by atoms with Gasteiger partial charge in [0.05, 0.1) is 5.41 Å². The van der Waals surface area contributed by atoms with Gasteiger partial charge in [-0.05, 0) is 25.7 Å². The summed E-state index contributed by atoms with van der Waals surface area (Å²) in [6.07, 6.45) is 13.2. The highest BCUT2D eigenvalue weighted by molar-refractivity contribution is 5.78. The lowest BCUT2D eigenvalue weighted by Gasteiger charge is -2.37. The molecule has 0 radical (unpaired) electrons. The quantitative estimate of drug-likeness (QED) is 0.530. The van der Waals surface area contributed by atoms with Gasteiger partial charge in [-0.25, -0.2) is 0 Å². The van der Waals surface area contributed by atoms with Crippen LogP contribution < -0.4 is 0 Å². The Labute approximate surface area is 141 Å². The van der Waals surface area contributed by atoms with E-state index in [1.165, 1.54) is 19.3 Å². The number of hydrogen-bond acceptors (Lipinski definition) is 2. The number of hydrogen-bond donors (Lipinski definition) is 1. The van der Waals surface area contributed by atoms with Gasteiger partial charge in [-0.2, -0.15) is 0 Å². The van der Waals surface area contributed by atoms with Crippen LogP contribution in [0.25, 0.3) is 0 Å². The Morgan fingerprint density at radius 3 is 2.61 bits per heavy atom. The molecule has 0 spiro atoms. The van der Waals surface area contributed by atoms with Crippen LogP contribution in [0.15, 0.2) is 23.8 Å². The van der Waals surface area contributed by atoms with Gasteiger partial charge in [0.15, 0.2) is 0 Å². The first-order valence-corrected chi connectivity index (χ1v) is 9.02. The number of aliphatic carboxylic acids is 1. The molecule has 0 saturated carbocycles. The number of methoxy groups -OCH3 is 1. The lowest BCUT2D eigenvalue weighted by molar-refractivity contribution is -0.149. The van der Waals surface area contributed by atoms with Crippen LogP contribution >= 0.6 is 0 Å². The summed E-state index contributed by atoms with van der Waals surface area (Å²) in [5.41, 5.74) is 0.404. The summed E-state index contributed by atoms with van der Waals surface area (Å²) in [5, 5.41) is 9.93. The lowest BCUT2D eigenvalue weighted by atomic mass is 9.65. The predicted octanol–water partition coefficient (Wildman–Crippen LogP) is 5.22. The molecule has 0 aromatic heterocycles. The van der Waals surface area contributed by atoms with Crippen LogP contribution in [-0.4, -0.2) is 24.8 Å². The van der Waals surface area contributed by atoms with Gasteiger partial charge in [-0.3, -0.25) is 4.79 Å². The number of carboxylic acid groups (broad SMARTS) is 1. The number of allylic oxidation sites excluding steroid dienone is 3. The molecule has 0 aromatic rings. The minimum atomic E-state index is -0.755. The van der Waals surface area contributed by atoms with Crippen molar-refractivity contribution < 1.29 is 14.6 Å². The van der Waals surface area contributed by atoms with E-state index in [0.717, 1.165) is 37.2 Å². The largest absolute Gasteiger partial charge is 0.481 e. The third-order valence-electron chi connectivity index (χ3n) is 5.05. The Balaban J connectivity index is 2.64. The summed E-state index contributed by atoms with van der Waals surface area (Å²) >= 11 is 0. The topological polar surface area (TPSA) is 46.5 Å². The highest BCUT2D eigenvalue weighted by Crippen LogP contribution is 2.44. The van der Waals surface area contributed by atoms with E-state index >= 15 is 0 Å². The molecule has 2 atom stereocenters. The Kier molecular flexibility index (Phi) is 8.60. The van der Waals surface area contributed by atoms with Crippen LogP contribution in [0.2, 0.25) is 0 Å². The van der Waals surface area contributed by atoms with Crippen molar-refractivity contribution in [2.75, 3.05) is 13.7 Å². The number of unbranched alkanes of at least 4 members (excludes halogenated alkanes) is 3. The predicted molar refractivity (Wildman–Crippen MR) is 95.5 cm³/mol. The lowest BCUT2D eigenvalue weighted by Crippen LogP contribution is -2.39. The molecular weight excluding hydrogens is 288 g/mol. The molecule has 1 aliphatic rings. The van der Waals surface area contributed by atoms with E-state index in [-0.39, 0.29) is 5.92 Å². The highest BCUT2D eigenvalue weighted by atomic mass is 16.5. The van der Waals surface area contributed by atoms with Gasteiger partial charge < -0.3 is 9.84 Å². The number of carboxylic acids is 1. The van der Waals surface area contributed by atoms with Crippen LogP contribution in [-0.2, 0) is 9.53 Å². The van der Waals surface area contributed by atoms with Crippen LogP contribution in [0, 0.1) is 17.3 Å². The fourth-order valence-corrected chi connectivity index (χ4v) is 3.64. The zero-order valence-electron chi connectivity index (χ0n) is 15.3. The van der Waals surface area contributed by atoms with Crippen LogP contribution in [0.5, 0.6) is 0 Å². The molecule has 1 rings (SSSR count). The van der Waals surface area contributed by atoms with Crippen LogP contribution in [0.3, 0.4) is 0 Å². The smallest absolute Gasteiger partial charge is 0.314 e. The molecule has 0 amide bonds. The van der Waals surface area contributed by atoms with Crippen molar-refractivity contribution in [2.24, 2.45) is 17.3 Å². The van der Waals surface area contributed by atoms with E-state index in [0.29, 0.717) is 6.61 Å². The first-order chi connectivity index (χ1) is 10.9. The molecule has 1 aliphatic carbocycles. The van der Waals surface area contributed by atoms with Gasteiger partial charge >= 0.3 is 5.97 Å². The monoisotopic (exact) mass is 322 g/mol. The molecule has 0 saturated heterocycles. The van der Waals surface area contributed by atoms with Crippen molar-refractivity contribution in [1.82, 2.24) is 0 Å². The summed E-state index contributed by atoms with van der Waals surface area (Å²) < 4.78 is 5.20. The van der Waals surface area contributed by atoms with Crippen molar-refractivity contribution >= 4 is 5.97 Å². The fourth-order valence-electron chi connectivity index (χ4n) is 3.64. The van der Waals surface area contributed by atoms with Gasteiger partial charge in [0, 0.05) is 19.6 Å². The van der Waals surface area contributed by atoms with Crippen molar-refractivity contribution in [1.29, 1.82) is 0 Å². The van der Waals surface area contributed by atoms with Crippen molar-refractivity contribution in [3.63, 3.8) is 0 Å². The van der Waals surface area contributed by atoms with Crippen LogP contribution in [0.1, 0.15) is 65.7 Å². The van der Waals surface area contributed by atoms with E-state index < -0.39 is 11.4 Å². The number of rotatable bonds is 11. The zero-order valence-corrected chi connectivity index (χ0v) is 15.3. The Morgan fingerprint density at radius 1 is 1.30 bits per heavy atom. The molecule has 132 valence electrons. The molecule has 0 aromatic carbocycles. The average Bonchev–Trinajstić information content (AvgIpc) is 2.49. The summed E-state index contributed by atoms with van der Waals surface area (Å²) in [6, 6.07) is 0. The van der Waals surface area contributed by atoms with Gasteiger partial charge in [0.1, 0.15) is 0 Å². The average molecular weight is 322 g/mol. The molecule has 0 heterocycles. The van der Waals surface area contributed by atoms with E-state index in [2.05, 4.69) is 13.8 Å². The molecule has 0 fully saturated rings. The number of carbonyl (C=O) groups is 1.